The highest BCUT2D eigenvalue weighted by molar-refractivity contribution is 5.32. The van der Waals surface area contributed by atoms with Crippen molar-refractivity contribution in [3.8, 4) is 0 Å². The third-order valence-electron chi connectivity index (χ3n) is 13.7. The lowest BCUT2D eigenvalue weighted by Gasteiger charge is -2.57. The molecular weight excluding hydrogens is 530 g/mol. The van der Waals surface area contributed by atoms with Crippen molar-refractivity contribution in [2.45, 2.75) is 145 Å². The molecule has 10 unspecified atom stereocenters. The summed E-state index contributed by atoms with van der Waals surface area (Å²) in [7, 11) is 2.20. The van der Waals surface area contributed by atoms with Crippen LogP contribution in [0.25, 0.3) is 0 Å². The van der Waals surface area contributed by atoms with Gasteiger partial charge in [-0.2, -0.15) is 0 Å². The van der Waals surface area contributed by atoms with E-state index < -0.39 is 0 Å². The lowest BCUT2D eigenvalue weighted by atomic mass is 9.48. The zero-order chi connectivity index (χ0) is 31.7. The fraction of sp³-hybridized carbons (Fsp3) is 0.846. The van der Waals surface area contributed by atoms with Crippen molar-refractivity contribution in [1.29, 1.82) is 0 Å². The SMILES string of the molecule is CC.CC.CC.CC1C(O)CCC23C1CCC1C4[C@@H](O)C5O[C@@H](CN(C)Cc6ccccc6)CCC5C4(C)CCC12[C@@H]3C. The van der Waals surface area contributed by atoms with Crippen LogP contribution in [0.5, 0.6) is 0 Å². The van der Waals surface area contributed by atoms with E-state index in [1.807, 2.05) is 41.5 Å². The van der Waals surface area contributed by atoms with Gasteiger partial charge in [-0.25, -0.2) is 0 Å². The number of rotatable bonds is 4. The molecular formula is C39H67NO3. The predicted molar refractivity (Wildman–Crippen MR) is 180 cm³/mol. The van der Waals surface area contributed by atoms with E-state index in [2.05, 4.69) is 63.1 Å². The van der Waals surface area contributed by atoms with E-state index in [-0.39, 0.29) is 29.8 Å². The first-order chi connectivity index (χ1) is 20.7. The molecule has 246 valence electrons. The van der Waals surface area contributed by atoms with E-state index in [9.17, 15) is 10.2 Å². The Labute approximate surface area is 265 Å². The van der Waals surface area contributed by atoms with Crippen molar-refractivity contribution in [2.75, 3.05) is 13.6 Å². The molecule has 0 radical (unpaired) electrons. The zero-order valence-electron chi connectivity index (χ0n) is 29.5. The fourth-order valence-electron chi connectivity index (χ4n) is 12.3. The van der Waals surface area contributed by atoms with Gasteiger partial charge in [-0.3, -0.25) is 4.90 Å². The molecule has 6 fully saturated rings. The molecule has 0 amide bonds. The molecule has 13 atom stereocenters. The minimum atomic E-state index is -0.326. The molecule has 43 heavy (non-hydrogen) atoms. The maximum absolute atomic E-state index is 12.0. The van der Waals surface area contributed by atoms with E-state index in [4.69, 9.17) is 4.74 Å². The summed E-state index contributed by atoms with van der Waals surface area (Å²) < 4.78 is 6.85. The fourth-order valence-corrected chi connectivity index (χ4v) is 12.3. The normalized spacial score (nSPS) is 46.9. The second-order valence-corrected chi connectivity index (χ2v) is 14.7. The van der Waals surface area contributed by atoms with Crippen LogP contribution in [0, 0.1) is 51.8 Å². The number of likely N-dealkylation sites (N-methyl/N-ethyl adjacent to an activating group) is 1. The minimum Gasteiger partial charge on any atom is -0.393 e. The number of ether oxygens (including phenoxy) is 1. The van der Waals surface area contributed by atoms with Crippen LogP contribution in [0.3, 0.4) is 0 Å². The molecule has 1 aliphatic heterocycles. The molecule has 2 spiro atoms. The average Bonchev–Trinajstić information content (AvgIpc) is 3.49. The predicted octanol–water partition coefficient (Wildman–Crippen LogP) is 8.59. The van der Waals surface area contributed by atoms with Gasteiger partial charge in [0.25, 0.3) is 0 Å². The number of benzene rings is 1. The van der Waals surface area contributed by atoms with Gasteiger partial charge in [0.15, 0.2) is 0 Å². The lowest BCUT2D eigenvalue weighted by molar-refractivity contribution is -0.128. The van der Waals surface area contributed by atoms with Crippen LogP contribution in [-0.2, 0) is 11.3 Å². The van der Waals surface area contributed by atoms with E-state index >= 15 is 0 Å². The maximum atomic E-state index is 12.0. The summed E-state index contributed by atoms with van der Waals surface area (Å²) in [5, 5.41) is 22.8. The Hall–Kier alpha value is -0.940. The first kappa shape index (κ1) is 34.9. The van der Waals surface area contributed by atoms with Gasteiger partial charge in [-0.15, -0.1) is 0 Å². The van der Waals surface area contributed by atoms with E-state index in [1.165, 1.54) is 44.1 Å². The first-order valence-corrected chi connectivity index (χ1v) is 18.5. The molecule has 7 rings (SSSR count). The number of aliphatic hydroxyl groups is 2. The monoisotopic (exact) mass is 598 g/mol. The molecule has 6 aliphatic rings. The zero-order valence-corrected chi connectivity index (χ0v) is 29.5. The Morgan fingerprint density at radius 3 is 2.07 bits per heavy atom. The van der Waals surface area contributed by atoms with Gasteiger partial charge in [0, 0.05) is 13.1 Å². The Morgan fingerprint density at radius 1 is 0.791 bits per heavy atom. The van der Waals surface area contributed by atoms with Crippen molar-refractivity contribution >= 4 is 0 Å². The third-order valence-corrected chi connectivity index (χ3v) is 13.7. The average molecular weight is 598 g/mol. The summed E-state index contributed by atoms with van der Waals surface area (Å²) in [5.74, 6) is 3.35. The molecule has 0 aromatic heterocycles. The third kappa shape index (κ3) is 5.27. The number of nitrogens with zero attached hydrogens (tertiary/aromatic N) is 1. The number of hydrogen-bond donors (Lipinski definition) is 2. The van der Waals surface area contributed by atoms with Gasteiger partial charge in [-0.1, -0.05) is 92.6 Å². The first-order valence-electron chi connectivity index (χ1n) is 18.5. The van der Waals surface area contributed by atoms with Crippen LogP contribution < -0.4 is 0 Å². The second-order valence-electron chi connectivity index (χ2n) is 14.7. The van der Waals surface area contributed by atoms with Gasteiger partial charge in [-0.05, 0) is 116 Å². The van der Waals surface area contributed by atoms with Gasteiger partial charge in [0.2, 0.25) is 0 Å². The summed E-state index contributed by atoms with van der Waals surface area (Å²) in [6.45, 7) is 21.3. The van der Waals surface area contributed by atoms with Crippen molar-refractivity contribution in [1.82, 2.24) is 4.90 Å². The van der Waals surface area contributed by atoms with Crippen LogP contribution in [0.4, 0.5) is 0 Å². The smallest absolute Gasteiger partial charge is 0.0874 e. The summed E-state index contributed by atoms with van der Waals surface area (Å²) in [4.78, 5) is 2.39. The highest BCUT2D eigenvalue weighted by Crippen LogP contribution is 2.88. The molecule has 1 saturated heterocycles. The minimum absolute atomic E-state index is 0.00357. The molecule has 1 heterocycles. The van der Waals surface area contributed by atoms with Crippen molar-refractivity contribution < 1.29 is 14.9 Å². The number of hydrogen-bond acceptors (Lipinski definition) is 4. The Kier molecular flexibility index (Phi) is 11.2. The molecule has 5 aliphatic carbocycles. The van der Waals surface area contributed by atoms with Gasteiger partial charge in [0.1, 0.15) is 0 Å². The van der Waals surface area contributed by atoms with Gasteiger partial charge in [0.05, 0.1) is 24.4 Å². The molecule has 4 nitrogen and oxygen atoms in total. The van der Waals surface area contributed by atoms with Crippen molar-refractivity contribution in [3.63, 3.8) is 0 Å². The van der Waals surface area contributed by atoms with Crippen molar-refractivity contribution in [3.05, 3.63) is 35.9 Å². The Balaban J connectivity index is 0.000000666. The van der Waals surface area contributed by atoms with Crippen LogP contribution >= 0.6 is 0 Å². The highest BCUT2D eigenvalue weighted by atomic mass is 16.5. The molecule has 0 bridgehead atoms. The van der Waals surface area contributed by atoms with Crippen molar-refractivity contribution in [2.24, 2.45) is 51.8 Å². The van der Waals surface area contributed by atoms with Crippen LogP contribution in [0.1, 0.15) is 119 Å². The van der Waals surface area contributed by atoms with E-state index in [1.54, 1.807) is 0 Å². The van der Waals surface area contributed by atoms with E-state index in [0.29, 0.717) is 40.4 Å². The molecule has 2 N–H and O–H groups in total. The number of fused-ring (bicyclic) bond motifs is 4. The Bertz CT molecular complexity index is 1020. The van der Waals surface area contributed by atoms with Crippen LogP contribution in [-0.4, -0.2) is 53.1 Å². The topological polar surface area (TPSA) is 52.9 Å². The van der Waals surface area contributed by atoms with E-state index in [0.717, 1.165) is 31.8 Å². The summed E-state index contributed by atoms with van der Waals surface area (Å²) in [6, 6.07) is 10.7. The lowest BCUT2D eigenvalue weighted by Crippen LogP contribution is -2.52. The standard InChI is InChI=1S/C33H49NO3.3C2H6/c1-20-24-12-13-25-28-29(36)30-26(11-10-23(37-30)19-34(4)18-22-8-6-5-7-9-22)31(28,3)16-17-33(25)21(2)32(24,33)15-14-27(20)35;3*1-2/h5-9,20-21,23-30,35-36H,10-19H2,1-4H3;3*1-2H3/t20?,21-,23-,24?,25?,26?,27?,28?,29-,30?,31?,32?,33?;;;/m1.../s1. The maximum Gasteiger partial charge on any atom is 0.0874 e. The molecule has 4 heteroatoms. The second kappa shape index (κ2) is 13.8. The molecule has 1 aromatic rings. The molecule has 1 aromatic carbocycles. The highest BCUT2D eigenvalue weighted by Gasteiger charge is 2.84. The quantitative estimate of drug-likeness (QED) is 0.365. The largest absolute Gasteiger partial charge is 0.393 e. The summed E-state index contributed by atoms with van der Waals surface area (Å²) >= 11 is 0. The summed E-state index contributed by atoms with van der Waals surface area (Å²) in [6.07, 6.45) is 9.36. The number of aliphatic hydroxyl groups excluding tert-OH is 2. The molecule has 5 saturated carbocycles. The summed E-state index contributed by atoms with van der Waals surface area (Å²) in [5.41, 5.74) is 2.37. The van der Waals surface area contributed by atoms with Crippen LogP contribution in [0.15, 0.2) is 30.3 Å². The van der Waals surface area contributed by atoms with Gasteiger partial charge < -0.3 is 14.9 Å². The Morgan fingerprint density at radius 2 is 1.40 bits per heavy atom. The van der Waals surface area contributed by atoms with Crippen LogP contribution in [0.2, 0.25) is 0 Å². The van der Waals surface area contributed by atoms with Gasteiger partial charge >= 0.3 is 0 Å².